The SMILES string of the molecule is CC(=O)/C(C)=C(/C)O.[Pt].c1ccc(-c2nc3ccccc3[n-]2)nc1. The summed E-state index contributed by atoms with van der Waals surface area (Å²) in [6.45, 7) is 4.52. The molecule has 3 aromatic rings. The molecule has 1 N–H and O–H groups in total. The van der Waals surface area contributed by atoms with E-state index in [1.807, 2.05) is 42.5 Å². The van der Waals surface area contributed by atoms with E-state index in [0.717, 1.165) is 16.7 Å². The fourth-order valence-electron chi connectivity index (χ4n) is 1.77. The zero-order valence-electron chi connectivity index (χ0n) is 13.6. The van der Waals surface area contributed by atoms with Crippen LogP contribution in [0.5, 0.6) is 0 Å². The topological polar surface area (TPSA) is 77.2 Å². The zero-order chi connectivity index (χ0) is 16.8. The molecule has 24 heavy (non-hydrogen) atoms. The Bertz CT molecular complexity index is 805. The zero-order valence-corrected chi connectivity index (χ0v) is 15.9. The first-order valence-electron chi connectivity index (χ1n) is 7.17. The van der Waals surface area contributed by atoms with Gasteiger partial charge in [0.05, 0.1) is 11.5 Å². The molecule has 0 aliphatic rings. The summed E-state index contributed by atoms with van der Waals surface area (Å²) < 4.78 is 0. The second-order valence-corrected chi connectivity index (χ2v) is 5.02. The second kappa shape index (κ2) is 9.14. The van der Waals surface area contributed by atoms with Crippen LogP contribution in [0.4, 0.5) is 0 Å². The average Bonchev–Trinajstić information content (AvgIpc) is 2.99. The largest absolute Gasteiger partial charge is 0.512 e. The predicted octanol–water partition coefficient (Wildman–Crippen LogP) is 3.68. The number of aromatic nitrogens is 3. The summed E-state index contributed by atoms with van der Waals surface area (Å²) in [7, 11) is 0. The van der Waals surface area contributed by atoms with Gasteiger partial charge in [0, 0.05) is 32.8 Å². The Labute approximate surface area is 155 Å². The van der Waals surface area contributed by atoms with Gasteiger partial charge in [-0.2, -0.15) is 0 Å². The molecule has 5 nitrogen and oxygen atoms in total. The number of aliphatic hydroxyl groups is 1. The maximum Gasteiger partial charge on any atom is 0.158 e. The first-order chi connectivity index (χ1) is 11.0. The number of benzene rings is 1. The van der Waals surface area contributed by atoms with Crippen molar-refractivity contribution in [1.82, 2.24) is 15.0 Å². The van der Waals surface area contributed by atoms with Gasteiger partial charge in [-0.3, -0.25) is 9.78 Å². The van der Waals surface area contributed by atoms with Crippen molar-refractivity contribution in [2.75, 3.05) is 0 Å². The summed E-state index contributed by atoms with van der Waals surface area (Å²) in [5.74, 6) is 0.722. The van der Waals surface area contributed by atoms with Gasteiger partial charge >= 0.3 is 0 Å². The molecule has 0 bridgehead atoms. The van der Waals surface area contributed by atoms with Crippen LogP contribution in [-0.4, -0.2) is 20.9 Å². The number of hydrogen-bond acceptors (Lipinski definition) is 4. The maximum atomic E-state index is 10.4. The third-order valence-electron chi connectivity index (χ3n) is 3.30. The molecule has 0 aliphatic carbocycles. The second-order valence-electron chi connectivity index (χ2n) is 5.02. The molecule has 0 radical (unpaired) electrons. The Morgan fingerprint density at radius 3 is 2.21 bits per heavy atom. The summed E-state index contributed by atoms with van der Waals surface area (Å²) in [4.78, 5) is 23.4. The number of nitrogens with zero attached hydrogens (tertiary/aromatic N) is 3. The van der Waals surface area contributed by atoms with E-state index in [9.17, 15) is 4.79 Å². The molecular weight excluding hydrogens is 485 g/mol. The molecule has 0 saturated heterocycles. The fourth-order valence-corrected chi connectivity index (χ4v) is 1.77. The van der Waals surface area contributed by atoms with Crippen LogP contribution in [0.25, 0.3) is 22.6 Å². The van der Waals surface area contributed by atoms with Crippen LogP contribution < -0.4 is 4.98 Å². The van der Waals surface area contributed by atoms with E-state index in [1.54, 1.807) is 13.1 Å². The van der Waals surface area contributed by atoms with Gasteiger partial charge in [0.25, 0.3) is 0 Å². The van der Waals surface area contributed by atoms with Gasteiger partial charge < -0.3 is 15.1 Å². The Hall–Kier alpha value is -2.26. The predicted molar refractivity (Wildman–Crippen MR) is 90.0 cm³/mol. The number of Topliss-reactive ketones (excluding diaryl/α,β-unsaturated/α-hetero) is 1. The Balaban J connectivity index is 0.000000279. The quantitative estimate of drug-likeness (QED) is 0.427. The summed E-state index contributed by atoms with van der Waals surface area (Å²) in [5.41, 5.74) is 3.08. The smallest absolute Gasteiger partial charge is 0.158 e. The van der Waals surface area contributed by atoms with E-state index in [0.29, 0.717) is 11.4 Å². The number of aliphatic hydroxyl groups excluding tert-OH is 1. The molecule has 1 aromatic carbocycles. The molecule has 0 spiro atoms. The molecule has 0 fully saturated rings. The van der Waals surface area contributed by atoms with Gasteiger partial charge in [-0.1, -0.05) is 30.3 Å². The molecule has 0 unspecified atom stereocenters. The molecule has 0 saturated carbocycles. The number of para-hydroxylation sites is 2. The van der Waals surface area contributed by atoms with Crippen LogP contribution >= 0.6 is 0 Å². The molecule has 2 aromatic heterocycles. The van der Waals surface area contributed by atoms with Crippen molar-refractivity contribution in [1.29, 1.82) is 0 Å². The molecule has 0 aliphatic heterocycles. The van der Waals surface area contributed by atoms with Crippen LogP contribution in [0.15, 0.2) is 60.0 Å². The van der Waals surface area contributed by atoms with E-state index in [2.05, 4.69) is 15.0 Å². The Morgan fingerprint density at radius 1 is 1.04 bits per heavy atom. The maximum absolute atomic E-state index is 10.4. The summed E-state index contributed by atoms with van der Waals surface area (Å²) >= 11 is 0. The average molecular weight is 503 g/mol. The molecule has 3 rings (SSSR count). The normalized spacial score (nSPS) is 11.0. The third-order valence-corrected chi connectivity index (χ3v) is 3.30. The number of ketones is 1. The van der Waals surface area contributed by atoms with Crippen LogP contribution in [0.3, 0.4) is 0 Å². The number of hydrogen-bond donors (Lipinski definition) is 1. The van der Waals surface area contributed by atoms with E-state index in [1.165, 1.54) is 13.8 Å². The van der Waals surface area contributed by atoms with Gasteiger partial charge in [-0.25, -0.2) is 0 Å². The van der Waals surface area contributed by atoms with E-state index in [4.69, 9.17) is 5.11 Å². The van der Waals surface area contributed by atoms with Crippen molar-refractivity contribution in [2.24, 2.45) is 0 Å². The molecule has 6 heteroatoms. The van der Waals surface area contributed by atoms with Crippen molar-refractivity contribution in [3.8, 4) is 11.5 Å². The van der Waals surface area contributed by atoms with Crippen molar-refractivity contribution >= 4 is 16.8 Å². The minimum absolute atomic E-state index is 0. The number of carbonyl (C=O) groups is 1. The Morgan fingerprint density at radius 2 is 1.71 bits per heavy atom. The number of rotatable bonds is 2. The van der Waals surface area contributed by atoms with Crippen LogP contribution in [-0.2, 0) is 25.9 Å². The first-order valence-corrected chi connectivity index (χ1v) is 7.17. The van der Waals surface area contributed by atoms with Gasteiger partial charge in [0.2, 0.25) is 0 Å². The molecular formula is C18H18N3O2Pt-. The standard InChI is InChI=1S/C12H8N3.C6H10O2.Pt/c1-2-6-10-9(5-1)14-12(15-10)11-7-3-4-8-13-11;1-4(5(2)7)6(3)8;/h1-8H;7H,1-3H3;/q-1;;/b;5-4-;. The van der Waals surface area contributed by atoms with Gasteiger partial charge in [-0.15, -0.1) is 0 Å². The molecule has 0 amide bonds. The minimum atomic E-state index is -0.0787. The van der Waals surface area contributed by atoms with Crippen molar-refractivity contribution in [3.05, 3.63) is 60.0 Å². The minimum Gasteiger partial charge on any atom is -0.512 e. The first kappa shape index (κ1) is 19.8. The summed E-state index contributed by atoms with van der Waals surface area (Å²) in [6, 6.07) is 13.5. The van der Waals surface area contributed by atoms with Gasteiger partial charge in [0.1, 0.15) is 0 Å². The van der Waals surface area contributed by atoms with Gasteiger partial charge in [-0.05, 0) is 49.8 Å². The van der Waals surface area contributed by atoms with Crippen LogP contribution in [0.2, 0.25) is 0 Å². The van der Waals surface area contributed by atoms with E-state index >= 15 is 0 Å². The Kier molecular flexibility index (Phi) is 7.53. The monoisotopic (exact) mass is 503 g/mol. The van der Waals surface area contributed by atoms with E-state index in [-0.39, 0.29) is 32.6 Å². The number of fused-ring (bicyclic) bond motifs is 1. The molecule has 128 valence electrons. The summed E-state index contributed by atoms with van der Waals surface area (Å²) in [5, 5.41) is 8.65. The number of carbonyl (C=O) groups excluding carboxylic acids is 1. The number of allylic oxidation sites excluding steroid dienone is 2. The van der Waals surface area contributed by atoms with Crippen molar-refractivity contribution in [2.45, 2.75) is 20.8 Å². The number of pyridine rings is 1. The summed E-state index contributed by atoms with van der Waals surface area (Å²) in [6.07, 6.45) is 1.75. The van der Waals surface area contributed by atoms with Crippen LogP contribution in [0.1, 0.15) is 20.8 Å². The van der Waals surface area contributed by atoms with Crippen molar-refractivity contribution in [3.63, 3.8) is 0 Å². The number of imidazole rings is 1. The molecule has 0 atom stereocenters. The fraction of sp³-hybridized carbons (Fsp3) is 0.167. The third kappa shape index (κ3) is 5.13. The van der Waals surface area contributed by atoms with Crippen molar-refractivity contribution < 1.29 is 31.0 Å². The van der Waals surface area contributed by atoms with Crippen LogP contribution in [0, 0.1) is 0 Å². The molecule has 2 heterocycles. The van der Waals surface area contributed by atoms with Gasteiger partial charge in [0.15, 0.2) is 5.78 Å². The van der Waals surface area contributed by atoms with E-state index < -0.39 is 0 Å².